The van der Waals surface area contributed by atoms with Gasteiger partial charge in [0.2, 0.25) is 11.8 Å². The molecule has 2 aromatic carbocycles. The molecule has 220 valence electrons. The van der Waals surface area contributed by atoms with Crippen LogP contribution in [-0.2, 0) is 9.59 Å². The number of fused-ring (bicyclic) bond motifs is 1. The summed E-state index contributed by atoms with van der Waals surface area (Å²) >= 11 is 0. The van der Waals surface area contributed by atoms with E-state index in [4.69, 9.17) is 5.10 Å². The first-order valence-electron chi connectivity index (χ1n) is 15.5. The molecule has 5 aliphatic rings. The van der Waals surface area contributed by atoms with Gasteiger partial charge < -0.3 is 10.2 Å². The SMILES string of the molecule is O=C1CCC(N2C(=O)c3ccc(NC[C@H]4C[C@H](n5cc(-c6cccc(N7CCC7)c6)c(C6CC6)n5)C4)cc3C2=O)C(=O)N1. The van der Waals surface area contributed by atoms with E-state index in [1.54, 1.807) is 12.1 Å². The Labute approximate surface area is 249 Å². The number of carbonyl (C=O) groups is 4. The molecular weight excluding hydrogens is 544 g/mol. The molecule has 1 unspecified atom stereocenters. The summed E-state index contributed by atoms with van der Waals surface area (Å²) in [5.74, 6) is -0.912. The fourth-order valence-electron chi connectivity index (χ4n) is 6.84. The summed E-state index contributed by atoms with van der Waals surface area (Å²) in [7, 11) is 0. The lowest BCUT2D eigenvalue weighted by Gasteiger charge is -2.35. The Kier molecular flexibility index (Phi) is 6.13. The zero-order valence-electron chi connectivity index (χ0n) is 23.9. The third-order valence-electron chi connectivity index (χ3n) is 9.72. The minimum Gasteiger partial charge on any atom is -0.385 e. The number of carbonyl (C=O) groups excluding carboxylic acids is 4. The maximum absolute atomic E-state index is 13.1. The van der Waals surface area contributed by atoms with Gasteiger partial charge in [0, 0.05) is 55.1 Å². The van der Waals surface area contributed by atoms with Gasteiger partial charge in [0.1, 0.15) is 6.04 Å². The Morgan fingerprint density at radius 3 is 2.47 bits per heavy atom. The fraction of sp³-hybridized carbons (Fsp3) is 0.424. The Morgan fingerprint density at radius 1 is 0.907 bits per heavy atom. The highest BCUT2D eigenvalue weighted by molar-refractivity contribution is 6.23. The molecule has 4 fully saturated rings. The van der Waals surface area contributed by atoms with E-state index in [-0.39, 0.29) is 18.7 Å². The molecule has 10 nitrogen and oxygen atoms in total. The van der Waals surface area contributed by atoms with Gasteiger partial charge in [-0.3, -0.25) is 34.1 Å². The highest BCUT2D eigenvalue weighted by atomic mass is 16.2. The van der Waals surface area contributed by atoms with Crippen LogP contribution in [0.5, 0.6) is 0 Å². The minimum absolute atomic E-state index is 0.104. The number of benzene rings is 2. The maximum atomic E-state index is 13.1. The summed E-state index contributed by atoms with van der Waals surface area (Å²) in [6, 6.07) is 13.5. The average Bonchev–Trinajstić information content (AvgIpc) is 3.65. The van der Waals surface area contributed by atoms with Gasteiger partial charge in [0.25, 0.3) is 11.8 Å². The van der Waals surface area contributed by atoms with E-state index in [0.29, 0.717) is 29.0 Å². The summed E-state index contributed by atoms with van der Waals surface area (Å²) in [4.78, 5) is 53.4. The van der Waals surface area contributed by atoms with E-state index in [2.05, 4.69) is 50.7 Å². The Balaban J connectivity index is 0.911. The van der Waals surface area contributed by atoms with Crippen molar-refractivity contribution in [3.05, 3.63) is 65.5 Å². The average molecular weight is 579 g/mol. The molecule has 0 bridgehead atoms. The van der Waals surface area contributed by atoms with Gasteiger partial charge in [-0.2, -0.15) is 5.10 Å². The number of aromatic nitrogens is 2. The van der Waals surface area contributed by atoms with Gasteiger partial charge in [-0.1, -0.05) is 12.1 Å². The first kappa shape index (κ1) is 26.2. The first-order chi connectivity index (χ1) is 20.9. The van der Waals surface area contributed by atoms with Crippen molar-refractivity contribution in [3.63, 3.8) is 0 Å². The third-order valence-corrected chi connectivity index (χ3v) is 9.72. The smallest absolute Gasteiger partial charge is 0.262 e. The molecule has 8 rings (SSSR count). The lowest BCUT2D eigenvalue weighted by atomic mass is 9.80. The van der Waals surface area contributed by atoms with Crippen molar-refractivity contribution in [2.24, 2.45) is 5.92 Å². The summed E-state index contributed by atoms with van der Waals surface area (Å²) < 4.78 is 2.19. The lowest BCUT2D eigenvalue weighted by molar-refractivity contribution is -0.136. The van der Waals surface area contributed by atoms with Crippen LogP contribution in [0.3, 0.4) is 0 Å². The van der Waals surface area contributed by atoms with Crippen LogP contribution in [0.4, 0.5) is 11.4 Å². The molecule has 2 N–H and O–H groups in total. The molecule has 2 aliphatic carbocycles. The highest BCUT2D eigenvalue weighted by Crippen LogP contribution is 2.46. The number of imide groups is 2. The maximum Gasteiger partial charge on any atom is 0.262 e. The van der Waals surface area contributed by atoms with Crippen molar-refractivity contribution >= 4 is 35.0 Å². The number of piperidine rings is 1. The fourth-order valence-corrected chi connectivity index (χ4v) is 6.84. The molecule has 1 aromatic heterocycles. The second-order valence-electron chi connectivity index (χ2n) is 12.7. The minimum atomic E-state index is -0.957. The highest BCUT2D eigenvalue weighted by Gasteiger charge is 2.44. The van der Waals surface area contributed by atoms with Crippen molar-refractivity contribution in [2.45, 2.75) is 62.9 Å². The number of nitrogens with one attached hydrogen (secondary N) is 2. The van der Waals surface area contributed by atoms with Crippen LogP contribution in [0.15, 0.2) is 48.7 Å². The first-order valence-corrected chi connectivity index (χ1v) is 15.5. The van der Waals surface area contributed by atoms with E-state index in [1.165, 1.54) is 41.8 Å². The molecule has 0 radical (unpaired) electrons. The van der Waals surface area contributed by atoms with Crippen LogP contribution in [0.25, 0.3) is 11.1 Å². The zero-order valence-corrected chi connectivity index (χ0v) is 23.9. The molecule has 3 aromatic rings. The second-order valence-corrected chi connectivity index (χ2v) is 12.7. The monoisotopic (exact) mass is 578 g/mol. The van der Waals surface area contributed by atoms with E-state index in [9.17, 15) is 19.2 Å². The van der Waals surface area contributed by atoms with Gasteiger partial charge in [-0.25, -0.2) is 0 Å². The molecule has 2 saturated heterocycles. The summed E-state index contributed by atoms with van der Waals surface area (Å²) in [6.07, 6.45) is 8.26. The molecule has 4 heterocycles. The normalized spacial score (nSPS) is 24.9. The van der Waals surface area contributed by atoms with Crippen LogP contribution in [0, 0.1) is 5.92 Å². The van der Waals surface area contributed by atoms with Crippen molar-refractivity contribution < 1.29 is 19.2 Å². The largest absolute Gasteiger partial charge is 0.385 e. The molecular formula is C33H34N6O4. The molecule has 10 heteroatoms. The van der Waals surface area contributed by atoms with Crippen molar-refractivity contribution in [3.8, 4) is 11.1 Å². The van der Waals surface area contributed by atoms with Crippen LogP contribution in [0.2, 0.25) is 0 Å². The number of nitrogens with zero attached hydrogens (tertiary/aromatic N) is 4. The Bertz CT molecular complexity index is 1670. The number of anilines is 2. The predicted molar refractivity (Wildman–Crippen MR) is 160 cm³/mol. The second kappa shape index (κ2) is 10.1. The predicted octanol–water partition coefficient (Wildman–Crippen LogP) is 4.10. The van der Waals surface area contributed by atoms with Crippen molar-refractivity contribution in [1.82, 2.24) is 20.0 Å². The number of amides is 4. The lowest BCUT2D eigenvalue weighted by Crippen LogP contribution is -2.54. The molecule has 1 atom stereocenters. The van der Waals surface area contributed by atoms with Crippen LogP contribution < -0.4 is 15.5 Å². The van der Waals surface area contributed by atoms with E-state index in [0.717, 1.165) is 43.1 Å². The number of hydrogen-bond acceptors (Lipinski definition) is 7. The molecule has 2 saturated carbocycles. The van der Waals surface area contributed by atoms with Crippen LogP contribution in [0.1, 0.15) is 83.3 Å². The van der Waals surface area contributed by atoms with E-state index in [1.807, 2.05) is 6.07 Å². The van der Waals surface area contributed by atoms with E-state index < -0.39 is 23.8 Å². The third kappa shape index (κ3) is 4.60. The van der Waals surface area contributed by atoms with E-state index >= 15 is 0 Å². The van der Waals surface area contributed by atoms with Crippen LogP contribution in [-0.4, -0.2) is 64.0 Å². The Hall–Kier alpha value is -4.47. The molecule has 3 aliphatic heterocycles. The van der Waals surface area contributed by atoms with Crippen molar-refractivity contribution in [2.75, 3.05) is 29.9 Å². The number of rotatable bonds is 8. The summed E-state index contributed by atoms with van der Waals surface area (Å²) in [5.41, 5.74) is 6.43. The molecule has 4 amide bonds. The molecule has 0 spiro atoms. The van der Waals surface area contributed by atoms with Crippen molar-refractivity contribution in [1.29, 1.82) is 0 Å². The summed E-state index contributed by atoms with van der Waals surface area (Å²) in [5, 5.41) is 10.8. The van der Waals surface area contributed by atoms with Crippen LogP contribution >= 0.6 is 0 Å². The molecule has 43 heavy (non-hydrogen) atoms. The zero-order chi connectivity index (χ0) is 29.2. The van der Waals surface area contributed by atoms with Gasteiger partial charge in [-0.05, 0) is 80.3 Å². The number of hydrogen-bond donors (Lipinski definition) is 2. The van der Waals surface area contributed by atoms with Gasteiger partial charge in [0.05, 0.1) is 22.9 Å². The Morgan fingerprint density at radius 2 is 1.72 bits per heavy atom. The quantitative estimate of drug-likeness (QED) is 0.387. The summed E-state index contributed by atoms with van der Waals surface area (Å²) in [6.45, 7) is 3.03. The van der Waals surface area contributed by atoms with Gasteiger partial charge >= 0.3 is 0 Å². The van der Waals surface area contributed by atoms with Gasteiger partial charge in [-0.15, -0.1) is 0 Å². The standard InChI is InChI=1S/C33H34N6O4/c40-29-10-9-28(31(41)35-29)39-32(42)25-8-7-22(16-26(25)33(39)43)34-17-19-13-24(14-19)38-18-27(30(36-38)20-5-6-20)21-3-1-4-23(15-21)37-11-2-12-37/h1,3-4,7-8,15-16,18-20,24,28,34H,2,5-6,9-14,17H2,(H,35,40,41)/t19-,24-,28?. The van der Waals surface area contributed by atoms with Gasteiger partial charge in [0.15, 0.2) is 0 Å². The topological polar surface area (TPSA) is 117 Å².